The van der Waals surface area contributed by atoms with Crippen molar-refractivity contribution in [2.24, 2.45) is 0 Å². The van der Waals surface area contributed by atoms with Gasteiger partial charge < -0.3 is 0 Å². The molecule has 0 radical (unpaired) electrons. The van der Waals surface area contributed by atoms with Gasteiger partial charge in [-0.15, -0.1) is 22.9 Å². The van der Waals surface area contributed by atoms with Crippen LogP contribution in [0.25, 0.3) is 0 Å². The Morgan fingerprint density at radius 3 is 2.47 bits per heavy atom. The minimum atomic E-state index is -3.34. The van der Waals surface area contributed by atoms with E-state index in [1.54, 1.807) is 10.4 Å². The highest BCUT2D eigenvalue weighted by Crippen LogP contribution is 2.32. The largest absolute Gasteiger partial charge is 0.300 e. The Bertz CT molecular complexity index is 519. The zero-order chi connectivity index (χ0) is 14.0. The summed E-state index contributed by atoms with van der Waals surface area (Å²) in [4.78, 5) is 2.19. The number of nitrogens with zero attached hydrogens (tertiary/aromatic N) is 2. The summed E-state index contributed by atoms with van der Waals surface area (Å²) in [5, 5.41) is 0. The molecule has 0 aliphatic carbocycles. The first kappa shape index (κ1) is 15.7. The lowest BCUT2D eigenvalue weighted by atomic mass is 10.4. The molecule has 0 saturated carbocycles. The van der Waals surface area contributed by atoms with Gasteiger partial charge in [0.1, 0.15) is 4.21 Å². The molecule has 1 saturated heterocycles. The first-order chi connectivity index (χ1) is 8.95. The maximum absolute atomic E-state index is 12.5. The molecular formula is C11H16BrClN2O2S2. The molecule has 0 atom stereocenters. The van der Waals surface area contributed by atoms with Crippen molar-refractivity contribution in [1.29, 1.82) is 0 Å². The number of rotatable bonds is 4. The average Bonchev–Trinajstić information content (AvgIpc) is 2.71. The van der Waals surface area contributed by atoms with Crippen molar-refractivity contribution < 1.29 is 8.42 Å². The van der Waals surface area contributed by atoms with E-state index in [0.717, 1.165) is 29.0 Å². The van der Waals surface area contributed by atoms with Crippen LogP contribution in [0.2, 0.25) is 0 Å². The van der Waals surface area contributed by atoms with E-state index >= 15 is 0 Å². The number of hydrogen-bond donors (Lipinski definition) is 0. The number of thiophene rings is 1. The highest BCUT2D eigenvalue weighted by molar-refractivity contribution is 9.11. The summed E-state index contributed by atoms with van der Waals surface area (Å²) in [6.45, 7) is 5.29. The lowest BCUT2D eigenvalue weighted by Gasteiger charge is -2.33. The van der Waals surface area contributed by atoms with Crippen LogP contribution in [0.15, 0.2) is 14.1 Å². The maximum Gasteiger partial charge on any atom is 0.252 e. The first-order valence-electron chi connectivity index (χ1n) is 5.99. The highest BCUT2D eigenvalue weighted by Gasteiger charge is 2.29. The monoisotopic (exact) mass is 386 g/mol. The summed E-state index contributed by atoms with van der Waals surface area (Å²) in [6, 6.07) is 1.73. The molecule has 2 rings (SSSR count). The van der Waals surface area contributed by atoms with E-state index in [9.17, 15) is 8.42 Å². The standard InChI is InChI=1S/C11H16BrClN2O2S2/c1-9-8-10(18-11(9)12)19(16,17)15-6-4-14(3-2-13)5-7-15/h8H,2-7H2,1H3. The first-order valence-corrected chi connectivity index (χ1v) is 9.58. The van der Waals surface area contributed by atoms with E-state index in [2.05, 4.69) is 20.8 Å². The third-order valence-corrected chi connectivity index (χ3v) is 7.81. The Kier molecular flexibility index (Phi) is 5.30. The minimum absolute atomic E-state index is 0.419. The molecule has 108 valence electrons. The summed E-state index contributed by atoms with van der Waals surface area (Å²) in [6.07, 6.45) is 0. The van der Waals surface area contributed by atoms with Crippen LogP contribution >= 0.6 is 38.9 Å². The maximum atomic E-state index is 12.5. The molecule has 0 unspecified atom stereocenters. The number of aryl methyl sites for hydroxylation is 1. The fourth-order valence-corrected chi connectivity index (χ4v) is 6.04. The molecule has 8 heteroatoms. The van der Waals surface area contributed by atoms with Crippen LogP contribution in [0.1, 0.15) is 5.56 Å². The van der Waals surface area contributed by atoms with E-state index < -0.39 is 10.0 Å². The van der Waals surface area contributed by atoms with E-state index in [-0.39, 0.29) is 0 Å². The van der Waals surface area contributed by atoms with Crippen molar-refractivity contribution in [2.45, 2.75) is 11.1 Å². The van der Waals surface area contributed by atoms with Gasteiger partial charge in [-0.2, -0.15) is 4.31 Å². The van der Waals surface area contributed by atoms with E-state index in [0.29, 0.717) is 23.2 Å². The van der Waals surface area contributed by atoms with Crippen molar-refractivity contribution in [3.8, 4) is 0 Å². The van der Waals surface area contributed by atoms with Gasteiger partial charge in [0.15, 0.2) is 0 Å². The van der Waals surface area contributed by atoms with Crippen LogP contribution in [0.3, 0.4) is 0 Å². The summed E-state index contributed by atoms with van der Waals surface area (Å²) in [5.41, 5.74) is 0.962. The van der Waals surface area contributed by atoms with Gasteiger partial charge in [-0.05, 0) is 34.5 Å². The van der Waals surface area contributed by atoms with E-state index in [1.807, 2.05) is 6.92 Å². The van der Waals surface area contributed by atoms with Crippen LogP contribution in [0, 0.1) is 6.92 Å². The molecule has 1 aliphatic heterocycles. The van der Waals surface area contributed by atoms with Crippen LogP contribution in [0.5, 0.6) is 0 Å². The van der Waals surface area contributed by atoms with Gasteiger partial charge in [-0.3, -0.25) is 4.90 Å². The quantitative estimate of drug-likeness (QED) is 0.745. The Hall–Kier alpha value is 0.340. The lowest BCUT2D eigenvalue weighted by molar-refractivity contribution is 0.197. The second-order valence-corrected chi connectivity index (χ2v) is 9.37. The molecule has 0 bridgehead atoms. The minimum Gasteiger partial charge on any atom is -0.300 e. The lowest BCUT2D eigenvalue weighted by Crippen LogP contribution is -2.48. The van der Waals surface area contributed by atoms with Gasteiger partial charge in [0.2, 0.25) is 0 Å². The van der Waals surface area contributed by atoms with Gasteiger partial charge in [-0.25, -0.2) is 8.42 Å². The third-order valence-electron chi connectivity index (χ3n) is 3.16. The van der Waals surface area contributed by atoms with Gasteiger partial charge in [-0.1, -0.05) is 0 Å². The second kappa shape index (κ2) is 6.41. The molecule has 1 fully saturated rings. The molecule has 0 amide bonds. The molecule has 1 aromatic heterocycles. The average molecular weight is 388 g/mol. The van der Waals surface area contributed by atoms with Gasteiger partial charge in [0, 0.05) is 38.6 Å². The van der Waals surface area contributed by atoms with E-state index in [1.165, 1.54) is 11.3 Å². The fraction of sp³-hybridized carbons (Fsp3) is 0.636. The van der Waals surface area contributed by atoms with Crippen molar-refractivity contribution in [2.75, 3.05) is 38.6 Å². The van der Waals surface area contributed by atoms with Gasteiger partial charge >= 0.3 is 0 Å². The number of hydrogen-bond acceptors (Lipinski definition) is 4. The Morgan fingerprint density at radius 1 is 1.37 bits per heavy atom. The molecule has 4 nitrogen and oxygen atoms in total. The van der Waals surface area contributed by atoms with Crippen LogP contribution in [-0.4, -0.2) is 56.2 Å². The molecule has 2 heterocycles. The summed E-state index contributed by atoms with van der Waals surface area (Å²) >= 11 is 10.4. The van der Waals surface area contributed by atoms with Gasteiger partial charge in [0.05, 0.1) is 3.79 Å². The van der Waals surface area contributed by atoms with Crippen molar-refractivity contribution in [3.05, 3.63) is 15.4 Å². The Labute approximate surface area is 131 Å². The molecule has 0 aromatic carbocycles. The predicted octanol–water partition coefficient (Wildman–Crippen LogP) is 2.36. The normalized spacial score (nSPS) is 18.9. The number of piperazine rings is 1. The van der Waals surface area contributed by atoms with Crippen LogP contribution < -0.4 is 0 Å². The van der Waals surface area contributed by atoms with E-state index in [4.69, 9.17) is 11.6 Å². The van der Waals surface area contributed by atoms with Crippen molar-refractivity contribution in [3.63, 3.8) is 0 Å². The topological polar surface area (TPSA) is 40.6 Å². The molecule has 0 N–H and O–H groups in total. The van der Waals surface area contributed by atoms with Gasteiger partial charge in [0.25, 0.3) is 10.0 Å². The Morgan fingerprint density at radius 2 is 2.00 bits per heavy atom. The van der Waals surface area contributed by atoms with Crippen LogP contribution in [0.4, 0.5) is 0 Å². The second-order valence-electron chi connectivity index (χ2n) is 4.46. The SMILES string of the molecule is Cc1cc(S(=O)(=O)N2CCN(CCCl)CC2)sc1Br. The number of halogens is 2. The molecule has 1 aromatic rings. The molecular weight excluding hydrogens is 372 g/mol. The summed E-state index contributed by atoms with van der Waals surface area (Å²) in [5.74, 6) is 0.587. The van der Waals surface area contributed by atoms with Crippen molar-refractivity contribution in [1.82, 2.24) is 9.21 Å². The number of alkyl halides is 1. The fourth-order valence-electron chi connectivity index (χ4n) is 2.00. The Balaban J connectivity index is 2.09. The molecule has 0 spiro atoms. The smallest absolute Gasteiger partial charge is 0.252 e. The summed E-state index contributed by atoms with van der Waals surface area (Å²) < 4.78 is 27.8. The molecule has 1 aliphatic rings. The zero-order valence-corrected chi connectivity index (χ0v) is 14.6. The van der Waals surface area contributed by atoms with Crippen molar-refractivity contribution >= 4 is 48.9 Å². The highest BCUT2D eigenvalue weighted by atomic mass is 79.9. The number of sulfonamides is 1. The zero-order valence-electron chi connectivity index (χ0n) is 10.6. The van der Waals surface area contributed by atoms with Crippen LogP contribution in [-0.2, 0) is 10.0 Å². The third kappa shape index (κ3) is 3.51. The molecule has 19 heavy (non-hydrogen) atoms. The predicted molar refractivity (Wildman–Crippen MR) is 82.7 cm³/mol. The summed E-state index contributed by atoms with van der Waals surface area (Å²) in [7, 11) is -3.34.